The number of ketones is 1. The highest BCUT2D eigenvalue weighted by Crippen LogP contribution is 2.34. The lowest BCUT2D eigenvalue weighted by molar-refractivity contribution is 0.0838. The van der Waals surface area contributed by atoms with Gasteiger partial charge in [-0.15, -0.1) is 0 Å². The Morgan fingerprint density at radius 3 is 2.41 bits per heavy atom. The van der Waals surface area contributed by atoms with E-state index in [0.29, 0.717) is 30.6 Å². The van der Waals surface area contributed by atoms with Crippen LogP contribution in [0.3, 0.4) is 0 Å². The van der Waals surface area contributed by atoms with Gasteiger partial charge in [0.1, 0.15) is 11.9 Å². The number of rotatable bonds is 7. The number of piperidine rings is 1. The monoisotopic (exact) mass is 459 g/mol. The van der Waals surface area contributed by atoms with Crippen LogP contribution in [0.5, 0.6) is 0 Å². The van der Waals surface area contributed by atoms with Gasteiger partial charge in [-0.1, -0.05) is 23.4 Å². The molecule has 1 unspecified atom stereocenters. The Morgan fingerprint density at radius 1 is 1.03 bits per heavy atom. The summed E-state index contributed by atoms with van der Waals surface area (Å²) in [5.74, 6) is -0.379. The van der Waals surface area contributed by atoms with Crippen molar-refractivity contribution in [1.82, 2.24) is 9.21 Å². The van der Waals surface area contributed by atoms with Crippen LogP contribution in [0.15, 0.2) is 58.6 Å². The van der Waals surface area contributed by atoms with Crippen molar-refractivity contribution in [2.24, 2.45) is 11.1 Å². The summed E-state index contributed by atoms with van der Waals surface area (Å²) in [6, 6.07) is 11.5. The van der Waals surface area contributed by atoms with Crippen molar-refractivity contribution in [3.63, 3.8) is 0 Å². The fraction of sp³-hybridized carbons (Fsp3) is 0.435. The zero-order valence-corrected chi connectivity index (χ0v) is 18.5. The summed E-state index contributed by atoms with van der Waals surface area (Å²) < 4.78 is 40.3. The summed E-state index contributed by atoms with van der Waals surface area (Å²) in [4.78, 5) is 26.3. The molecule has 0 bridgehead atoms. The summed E-state index contributed by atoms with van der Waals surface area (Å²) in [7, 11) is -3.64. The Morgan fingerprint density at radius 2 is 1.72 bits per heavy atom. The summed E-state index contributed by atoms with van der Waals surface area (Å²) in [6.45, 7) is 2.61. The van der Waals surface area contributed by atoms with E-state index in [1.54, 1.807) is 18.2 Å². The number of hydrogen-bond donors (Lipinski definition) is 0. The van der Waals surface area contributed by atoms with Crippen LogP contribution < -0.4 is 0 Å². The highest BCUT2D eigenvalue weighted by atomic mass is 32.2. The van der Waals surface area contributed by atoms with E-state index in [-0.39, 0.29) is 29.0 Å². The maximum atomic E-state index is 13.1. The number of nitroso groups, excluding NO2 is 1. The van der Waals surface area contributed by atoms with Crippen molar-refractivity contribution in [2.45, 2.75) is 30.2 Å². The number of nitrogens with zero attached hydrogens (tertiary/aromatic N) is 3. The molecule has 2 aromatic carbocycles. The second kappa shape index (κ2) is 9.56. The molecule has 0 aliphatic carbocycles. The molecule has 2 aromatic rings. The van der Waals surface area contributed by atoms with Gasteiger partial charge in [-0.05, 0) is 69.2 Å². The van der Waals surface area contributed by atoms with Gasteiger partial charge in [0, 0.05) is 30.1 Å². The zero-order valence-electron chi connectivity index (χ0n) is 17.7. The van der Waals surface area contributed by atoms with E-state index in [1.165, 1.54) is 34.6 Å². The summed E-state index contributed by atoms with van der Waals surface area (Å²) in [5, 5.41) is 3.14. The van der Waals surface area contributed by atoms with Crippen LogP contribution in [0.1, 0.15) is 41.2 Å². The van der Waals surface area contributed by atoms with Gasteiger partial charge >= 0.3 is 0 Å². The third kappa shape index (κ3) is 4.65. The molecule has 4 rings (SSSR count). The minimum atomic E-state index is -3.64. The Kier molecular flexibility index (Phi) is 6.78. The van der Waals surface area contributed by atoms with E-state index >= 15 is 0 Å². The van der Waals surface area contributed by atoms with Crippen LogP contribution >= 0.6 is 0 Å². The maximum absolute atomic E-state index is 13.1. The Balaban J connectivity index is 1.29. The number of likely N-dealkylation sites (tertiary alicyclic amines) is 1. The lowest BCUT2D eigenvalue weighted by Gasteiger charge is -2.33. The minimum absolute atomic E-state index is 0.0510. The molecule has 9 heteroatoms. The molecule has 1 fully saturated rings. The van der Waals surface area contributed by atoms with Gasteiger partial charge in [-0.3, -0.25) is 4.79 Å². The van der Waals surface area contributed by atoms with Gasteiger partial charge in [0.2, 0.25) is 10.0 Å². The standard InChI is InChI=1S/C23H26FN3O4S/c24-19-8-6-17(7-9-19)23(28)18-10-14-26(15-11-18)12-3-13-27-16-21(25-29)20-4-1-2-5-22(20)32(27,30)31/h1-2,4-9,18,21H,3,10-16H2. The summed E-state index contributed by atoms with van der Waals surface area (Å²) in [6.07, 6.45) is 2.08. The number of fused-ring (bicyclic) bond motifs is 1. The number of Topliss-reactive ketones (excluding diaryl/α,β-unsaturated/α-hetero) is 1. The zero-order chi connectivity index (χ0) is 22.7. The SMILES string of the molecule is O=NC1CN(CCCN2CCC(C(=O)c3ccc(F)cc3)CC2)S(=O)(=O)c2ccccc21. The largest absolute Gasteiger partial charge is 0.303 e. The van der Waals surface area contributed by atoms with E-state index in [4.69, 9.17) is 0 Å². The molecule has 2 aliphatic heterocycles. The van der Waals surface area contributed by atoms with Gasteiger partial charge in [0.25, 0.3) is 0 Å². The predicted octanol–water partition coefficient (Wildman–Crippen LogP) is 3.62. The van der Waals surface area contributed by atoms with Crippen LogP contribution in [0.2, 0.25) is 0 Å². The fourth-order valence-electron chi connectivity index (χ4n) is 4.56. The number of halogens is 1. The summed E-state index contributed by atoms with van der Waals surface area (Å²) in [5.41, 5.74) is 1.01. The second-order valence-electron chi connectivity index (χ2n) is 8.36. The van der Waals surface area contributed by atoms with Crippen molar-refractivity contribution in [3.8, 4) is 0 Å². The molecule has 170 valence electrons. The molecule has 2 aliphatic rings. The van der Waals surface area contributed by atoms with Gasteiger partial charge in [0.05, 0.1) is 4.90 Å². The molecule has 1 atom stereocenters. The Bertz CT molecular complexity index is 1080. The first kappa shape index (κ1) is 22.7. The van der Waals surface area contributed by atoms with E-state index in [9.17, 15) is 22.5 Å². The van der Waals surface area contributed by atoms with Crippen molar-refractivity contribution < 1.29 is 17.6 Å². The topological polar surface area (TPSA) is 87.1 Å². The molecule has 7 nitrogen and oxygen atoms in total. The van der Waals surface area contributed by atoms with Crippen LogP contribution in [0, 0.1) is 16.6 Å². The molecular formula is C23H26FN3O4S. The number of carbonyl (C=O) groups excluding carboxylic acids is 1. The van der Waals surface area contributed by atoms with Crippen molar-refractivity contribution in [3.05, 3.63) is 70.4 Å². The smallest absolute Gasteiger partial charge is 0.243 e. The first-order valence-corrected chi connectivity index (χ1v) is 12.3. The molecule has 0 aromatic heterocycles. The van der Waals surface area contributed by atoms with Crippen molar-refractivity contribution in [2.75, 3.05) is 32.7 Å². The summed E-state index contributed by atoms with van der Waals surface area (Å²) >= 11 is 0. The highest BCUT2D eigenvalue weighted by molar-refractivity contribution is 7.89. The average Bonchev–Trinajstić information content (AvgIpc) is 2.81. The molecule has 0 radical (unpaired) electrons. The molecule has 0 N–H and O–H groups in total. The van der Waals surface area contributed by atoms with Crippen LogP contribution in [-0.4, -0.2) is 56.1 Å². The number of hydrogen-bond acceptors (Lipinski definition) is 6. The fourth-order valence-corrected chi connectivity index (χ4v) is 6.30. The van der Waals surface area contributed by atoms with Gasteiger partial charge in [-0.25, -0.2) is 12.8 Å². The third-order valence-electron chi connectivity index (χ3n) is 6.37. The third-order valence-corrected chi connectivity index (χ3v) is 8.31. The Hall–Kier alpha value is -2.49. The van der Waals surface area contributed by atoms with Gasteiger partial charge in [-0.2, -0.15) is 9.21 Å². The lowest BCUT2D eigenvalue weighted by Crippen LogP contribution is -2.42. The maximum Gasteiger partial charge on any atom is 0.243 e. The predicted molar refractivity (Wildman–Crippen MR) is 118 cm³/mol. The number of benzene rings is 2. The molecule has 0 amide bonds. The molecule has 0 spiro atoms. The van der Waals surface area contributed by atoms with Crippen molar-refractivity contribution >= 4 is 15.8 Å². The van der Waals surface area contributed by atoms with Gasteiger partial charge < -0.3 is 4.90 Å². The quantitative estimate of drug-likeness (QED) is 0.466. The van der Waals surface area contributed by atoms with Crippen LogP contribution in [0.4, 0.5) is 4.39 Å². The van der Waals surface area contributed by atoms with Gasteiger partial charge in [0.15, 0.2) is 5.78 Å². The van der Waals surface area contributed by atoms with Crippen LogP contribution in [0.25, 0.3) is 0 Å². The minimum Gasteiger partial charge on any atom is -0.303 e. The normalized spacial score (nSPS) is 21.7. The van der Waals surface area contributed by atoms with E-state index in [0.717, 1.165) is 25.9 Å². The Labute approximate surface area is 187 Å². The van der Waals surface area contributed by atoms with E-state index in [2.05, 4.69) is 10.1 Å². The first-order valence-electron chi connectivity index (χ1n) is 10.8. The molecule has 0 saturated carbocycles. The van der Waals surface area contributed by atoms with E-state index < -0.39 is 16.1 Å². The average molecular weight is 460 g/mol. The van der Waals surface area contributed by atoms with E-state index in [1.807, 2.05) is 0 Å². The number of carbonyl (C=O) groups is 1. The molecular weight excluding hydrogens is 433 g/mol. The molecule has 2 heterocycles. The first-order chi connectivity index (χ1) is 15.4. The van der Waals surface area contributed by atoms with Crippen molar-refractivity contribution in [1.29, 1.82) is 0 Å². The number of sulfonamides is 1. The second-order valence-corrected chi connectivity index (χ2v) is 10.3. The highest BCUT2D eigenvalue weighted by Gasteiger charge is 2.37. The lowest BCUT2D eigenvalue weighted by atomic mass is 9.89. The van der Waals surface area contributed by atoms with Crippen LogP contribution in [-0.2, 0) is 10.0 Å². The molecule has 32 heavy (non-hydrogen) atoms. The molecule has 1 saturated heterocycles.